The van der Waals surface area contributed by atoms with E-state index in [2.05, 4.69) is 27.4 Å². The molecule has 5 rings (SSSR count). The van der Waals surface area contributed by atoms with Gasteiger partial charge in [-0.15, -0.1) is 0 Å². The third-order valence-corrected chi connectivity index (χ3v) is 5.58. The van der Waals surface area contributed by atoms with Gasteiger partial charge < -0.3 is 11.1 Å². The molecule has 5 aromatic rings. The lowest BCUT2D eigenvalue weighted by Gasteiger charge is -2.09. The maximum absolute atomic E-state index is 12.8. The van der Waals surface area contributed by atoms with Gasteiger partial charge >= 0.3 is 0 Å². The fraction of sp³-hybridized carbons (Fsp3) is 0.115. The second kappa shape index (κ2) is 8.15. The molecule has 0 saturated carbocycles. The maximum atomic E-state index is 12.8. The van der Waals surface area contributed by atoms with Crippen LogP contribution >= 0.6 is 0 Å². The molecule has 32 heavy (non-hydrogen) atoms. The molecule has 0 aliphatic carbocycles. The molecule has 0 atom stereocenters. The first kappa shape index (κ1) is 19.8. The van der Waals surface area contributed by atoms with Gasteiger partial charge in [-0.3, -0.25) is 9.36 Å². The van der Waals surface area contributed by atoms with Crippen LogP contribution in [0.2, 0.25) is 0 Å². The van der Waals surface area contributed by atoms with Crippen LogP contribution in [0.4, 0.5) is 5.82 Å². The molecule has 0 unspecified atom stereocenters. The van der Waals surface area contributed by atoms with E-state index in [9.17, 15) is 4.79 Å². The van der Waals surface area contributed by atoms with E-state index in [1.165, 1.54) is 5.56 Å². The summed E-state index contributed by atoms with van der Waals surface area (Å²) in [5.41, 5.74) is 11.2. The number of aryl methyl sites for hydroxylation is 1. The zero-order chi connectivity index (χ0) is 22.1. The first-order valence-electron chi connectivity index (χ1n) is 10.6. The van der Waals surface area contributed by atoms with Gasteiger partial charge in [-0.25, -0.2) is 9.97 Å². The van der Waals surface area contributed by atoms with Crippen LogP contribution < -0.4 is 11.1 Å². The highest BCUT2D eigenvalue weighted by molar-refractivity contribution is 6.13. The van der Waals surface area contributed by atoms with Crippen LogP contribution in [0, 0.1) is 6.92 Å². The quantitative estimate of drug-likeness (QED) is 0.439. The summed E-state index contributed by atoms with van der Waals surface area (Å²) in [5, 5.41) is 4.62. The topological polar surface area (TPSA) is 85.8 Å². The highest BCUT2D eigenvalue weighted by Gasteiger charge is 2.20. The molecule has 6 heteroatoms. The molecule has 2 aromatic heterocycles. The predicted molar refractivity (Wildman–Crippen MR) is 128 cm³/mol. The third kappa shape index (κ3) is 3.56. The predicted octanol–water partition coefficient (Wildman–Crippen LogP) is 4.44. The molecule has 0 radical (unpaired) electrons. The zero-order valence-electron chi connectivity index (χ0n) is 17.7. The molecular weight excluding hydrogens is 398 g/mol. The number of benzene rings is 3. The Hall–Kier alpha value is -4.19. The van der Waals surface area contributed by atoms with Gasteiger partial charge in [0.2, 0.25) is 5.82 Å². The molecule has 1 amide bonds. The Morgan fingerprint density at radius 3 is 2.44 bits per heavy atom. The summed E-state index contributed by atoms with van der Waals surface area (Å²) in [6.07, 6.45) is 0.730. The van der Waals surface area contributed by atoms with Crippen molar-refractivity contribution in [3.63, 3.8) is 0 Å². The number of amides is 1. The number of nitrogens with zero attached hydrogens (tertiary/aromatic N) is 3. The molecule has 0 saturated heterocycles. The van der Waals surface area contributed by atoms with Crippen molar-refractivity contribution in [2.45, 2.75) is 13.3 Å². The van der Waals surface area contributed by atoms with Gasteiger partial charge in [0.15, 0.2) is 5.65 Å². The minimum absolute atomic E-state index is 0.0687. The average molecular weight is 422 g/mol. The number of nitrogen functional groups attached to an aromatic ring is 1. The van der Waals surface area contributed by atoms with Gasteiger partial charge in [0.25, 0.3) is 5.91 Å². The van der Waals surface area contributed by atoms with Crippen LogP contribution in [0.1, 0.15) is 21.7 Å². The van der Waals surface area contributed by atoms with Crippen molar-refractivity contribution in [1.29, 1.82) is 0 Å². The monoisotopic (exact) mass is 421 g/mol. The minimum Gasteiger partial charge on any atom is -0.383 e. The fourth-order valence-corrected chi connectivity index (χ4v) is 3.98. The summed E-state index contributed by atoms with van der Waals surface area (Å²) < 4.78 is 2.03. The van der Waals surface area contributed by atoms with E-state index in [0.29, 0.717) is 18.0 Å². The molecular formula is C26H23N5O. The maximum Gasteiger partial charge on any atom is 0.289 e. The van der Waals surface area contributed by atoms with Crippen LogP contribution in [-0.4, -0.2) is 27.0 Å². The van der Waals surface area contributed by atoms with Crippen molar-refractivity contribution >= 4 is 33.7 Å². The SMILES string of the molecule is Cc1ccc(-n2c3ccccc3c3c(N)nc(C(=O)NCCc4ccccc4)nc32)cc1. The van der Waals surface area contributed by atoms with Crippen molar-refractivity contribution in [1.82, 2.24) is 19.9 Å². The fourth-order valence-electron chi connectivity index (χ4n) is 3.98. The Kier molecular flexibility index (Phi) is 5.03. The van der Waals surface area contributed by atoms with Crippen LogP contribution in [0.5, 0.6) is 0 Å². The van der Waals surface area contributed by atoms with E-state index in [4.69, 9.17) is 5.73 Å². The minimum atomic E-state index is -0.338. The van der Waals surface area contributed by atoms with Crippen LogP contribution in [-0.2, 0) is 6.42 Å². The van der Waals surface area contributed by atoms with Crippen molar-refractivity contribution in [2.75, 3.05) is 12.3 Å². The van der Waals surface area contributed by atoms with Crippen LogP contribution in [0.15, 0.2) is 78.9 Å². The number of nitrogens with two attached hydrogens (primary N) is 1. The number of rotatable bonds is 5. The molecule has 3 aromatic carbocycles. The zero-order valence-corrected chi connectivity index (χ0v) is 17.7. The lowest BCUT2D eigenvalue weighted by Crippen LogP contribution is -2.28. The Balaban J connectivity index is 1.56. The summed E-state index contributed by atoms with van der Waals surface area (Å²) >= 11 is 0. The van der Waals surface area contributed by atoms with Crippen molar-refractivity contribution in [3.05, 3.63) is 95.8 Å². The van der Waals surface area contributed by atoms with Crippen LogP contribution in [0.3, 0.4) is 0 Å². The Morgan fingerprint density at radius 2 is 1.66 bits per heavy atom. The summed E-state index contributed by atoms with van der Waals surface area (Å²) in [7, 11) is 0. The van der Waals surface area contributed by atoms with Gasteiger partial charge in [-0.05, 0) is 37.1 Å². The molecule has 3 N–H and O–H groups in total. The number of nitrogens with one attached hydrogen (secondary N) is 1. The Bertz CT molecular complexity index is 1420. The molecule has 6 nitrogen and oxygen atoms in total. The highest BCUT2D eigenvalue weighted by atomic mass is 16.2. The lowest BCUT2D eigenvalue weighted by atomic mass is 10.1. The lowest BCUT2D eigenvalue weighted by molar-refractivity contribution is 0.0944. The van der Waals surface area contributed by atoms with E-state index >= 15 is 0 Å². The number of hydrogen-bond acceptors (Lipinski definition) is 4. The number of hydrogen-bond donors (Lipinski definition) is 2. The largest absolute Gasteiger partial charge is 0.383 e. The van der Waals surface area contributed by atoms with Gasteiger partial charge in [0, 0.05) is 17.6 Å². The molecule has 0 aliphatic rings. The Labute approximate surface area is 185 Å². The van der Waals surface area contributed by atoms with E-state index < -0.39 is 0 Å². The van der Waals surface area contributed by atoms with E-state index in [0.717, 1.165) is 34.0 Å². The number of carbonyl (C=O) groups is 1. The van der Waals surface area contributed by atoms with Gasteiger partial charge in [0.1, 0.15) is 5.82 Å². The second-order valence-corrected chi connectivity index (χ2v) is 7.81. The van der Waals surface area contributed by atoms with Gasteiger partial charge in [-0.2, -0.15) is 0 Å². The number of anilines is 1. The van der Waals surface area contributed by atoms with Crippen molar-refractivity contribution < 1.29 is 4.79 Å². The van der Waals surface area contributed by atoms with E-state index in [1.54, 1.807) is 0 Å². The Morgan fingerprint density at radius 1 is 0.938 bits per heavy atom. The molecule has 0 aliphatic heterocycles. The van der Waals surface area contributed by atoms with E-state index in [1.807, 2.05) is 78.2 Å². The summed E-state index contributed by atoms with van der Waals surface area (Å²) in [6, 6.07) is 26.2. The average Bonchev–Trinajstić information content (AvgIpc) is 3.15. The van der Waals surface area contributed by atoms with Crippen molar-refractivity contribution in [2.24, 2.45) is 0 Å². The highest BCUT2D eigenvalue weighted by Crippen LogP contribution is 2.33. The van der Waals surface area contributed by atoms with Gasteiger partial charge in [0.05, 0.1) is 10.9 Å². The molecule has 2 heterocycles. The van der Waals surface area contributed by atoms with Crippen molar-refractivity contribution in [3.8, 4) is 5.69 Å². The smallest absolute Gasteiger partial charge is 0.289 e. The molecule has 0 bridgehead atoms. The number of aromatic nitrogens is 3. The first-order valence-corrected chi connectivity index (χ1v) is 10.6. The number of carbonyl (C=O) groups excluding carboxylic acids is 1. The number of para-hydroxylation sites is 1. The first-order chi connectivity index (χ1) is 15.6. The standard InChI is InChI=1S/C26H23N5O/c1-17-11-13-19(14-12-17)31-21-10-6-5-9-20(21)22-23(27)29-24(30-25(22)31)26(32)28-16-15-18-7-3-2-4-8-18/h2-14H,15-16H2,1H3,(H,28,32)(H2,27,29,30). The normalized spacial score (nSPS) is 11.2. The number of fused-ring (bicyclic) bond motifs is 3. The van der Waals surface area contributed by atoms with E-state index in [-0.39, 0.29) is 11.7 Å². The summed E-state index contributed by atoms with van der Waals surface area (Å²) in [4.78, 5) is 21.8. The summed E-state index contributed by atoms with van der Waals surface area (Å²) in [5.74, 6) is 0.0275. The molecule has 158 valence electrons. The summed E-state index contributed by atoms with van der Waals surface area (Å²) in [6.45, 7) is 2.54. The second-order valence-electron chi connectivity index (χ2n) is 7.81. The third-order valence-electron chi connectivity index (χ3n) is 5.58. The molecule has 0 spiro atoms. The van der Waals surface area contributed by atoms with Crippen LogP contribution in [0.25, 0.3) is 27.6 Å². The molecule has 0 fully saturated rings. The van der Waals surface area contributed by atoms with Gasteiger partial charge in [-0.1, -0.05) is 66.2 Å².